The average Bonchev–Trinajstić information content (AvgIpc) is 2.92. The molecular formula is C23H25NO3S. The molecule has 0 unspecified atom stereocenters. The molecular weight excluding hydrogens is 370 g/mol. The molecule has 0 radical (unpaired) electrons. The van der Waals surface area contributed by atoms with Crippen LogP contribution in [0.2, 0.25) is 0 Å². The molecule has 0 bridgehead atoms. The van der Waals surface area contributed by atoms with Crippen LogP contribution >= 0.6 is 11.8 Å². The molecule has 28 heavy (non-hydrogen) atoms. The van der Waals surface area contributed by atoms with E-state index in [1.807, 2.05) is 75.4 Å². The van der Waals surface area contributed by atoms with Gasteiger partial charge in [0.25, 0.3) is 11.8 Å². The zero-order valence-corrected chi connectivity index (χ0v) is 17.3. The lowest BCUT2D eigenvalue weighted by Gasteiger charge is -2.13. The van der Waals surface area contributed by atoms with E-state index < -0.39 is 0 Å². The molecule has 146 valence electrons. The molecule has 0 spiro atoms. The maximum absolute atomic E-state index is 13.0. The molecule has 1 aliphatic heterocycles. The minimum Gasteiger partial charge on any atom is -0.491 e. The van der Waals surface area contributed by atoms with Gasteiger partial charge in [0.15, 0.2) is 0 Å². The molecule has 2 aromatic rings. The molecule has 4 nitrogen and oxygen atoms in total. The maximum atomic E-state index is 13.0. The summed E-state index contributed by atoms with van der Waals surface area (Å²) < 4.78 is 5.69. The molecule has 0 atom stereocenters. The molecule has 0 N–H and O–H groups in total. The smallest absolute Gasteiger partial charge is 0.267 e. The fourth-order valence-corrected chi connectivity index (χ4v) is 4.16. The number of hydrogen-bond acceptors (Lipinski definition) is 4. The van der Waals surface area contributed by atoms with E-state index in [0.717, 1.165) is 23.3 Å². The lowest BCUT2D eigenvalue weighted by molar-refractivity contribution is -0.136. The van der Waals surface area contributed by atoms with Crippen LogP contribution < -0.4 is 4.74 Å². The molecule has 2 aromatic carbocycles. The number of benzene rings is 2. The molecule has 3 rings (SSSR count). The van der Waals surface area contributed by atoms with Gasteiger partial charge in [0.1, 0.15) is 5.75 Å². The first kappa shape index (κ1) is 20.2. The van der Waals surface area contributed by atoms with Crippen molar-refractivity contribution in [1.82, 2.24) is 4.90 Å². The Morgan fingerprint density at radius 3 is 2.25 bits per heavy atom. The van der Waals surface area contributed by atoms with Crippen molar-refractivity contribution in [2.24, 2.45) is 0 Å². The van der Waals surface area contributed by atoms with Crippen molar-refractivity contribution in [2.45, 2.75) is 39.0 Å². The maximum Gasteiger partial charge on any atom is 0.267 e. The Hall–Kier alpha value is -2.53. The van der Waals surface area contributed by atoms with Crippen molar-refractivity contribution in [1.29, 1.82) is 0 Å². The molecule has 0 saturated heterocycles. The molecule has 5 heteroatoms. The molecule has 2 amide bonds. The third-order valence-corrected chi connectivity index (χ3v) is 5.46. The van der Waals surface area contributed by atoms with E-state index in [1.54, 1.807) is 0 Å². The number of amides is 2. The van der Waals surface area contributed by atoms with Crippen LogP contribution in [0.4, 0.5) is 0 Å². The van der Waals surface area contributed by atoms with Crippen molar-refractivity contribution in [3.8, 4) is 5.75 Å². The molecule has 0 aromatic heterocycles. The van der Waals surface area contributed by atoms with Gasteiger partial charge in [-0.25, -0.2) is 0 Å². The topological polar surface area (TPSA) is 46.6 Å². The Morgan fingerprint density at radius 2 is 1.64 bits per heavy atom. The summed E-state index contributed by atoms with van der Waals surface area (Å²) in [4.78, 5) is 27.8. The summed E-state index contributed by atoms with van der Waals surface area (Å²) in [6.45, 7) is 6.34. The molecule has 0 saturated carbocycles. The van der Waals surface area contributed by atoms with Crippen LogP contribution in [-0.4, -0.2) is 29.4 Å². The number of carbonyl (C=O) groups is 2. The predicted molar refractivity (Wildman–Crippen MR) is 114 cm³/mol. The average molecular weight is 396 g/mol. The van der Waals surface area contributed by atoms with Crippen LogP contribution in [0, 0.1) is 0 Å². The highest BCUT2D eigenvalue weighted by atomic mass is 32.2. The number of ether oxygens (including phenoxy) is 1. The monoisotopic (exact) mass is 395 g/mol. The first-order valence-corrected chi connectivity index (χ1v) is 10.5. The standard InChI is InChI=1S/C23H25NO3S/c1-4-14-24-22(25)20(18-10-12-19(13-11-18)27-16(2)3)21(23(24)26)28-15-17-8-6-5-7-9-17/h5-13,16H,4,14-15H2,1-3H3. The zero-order valence-electron chi connectivity index (χ0n) is 16.5. The van der Waals surface area contributed by atoms with E-state index in [0.29, 0.717) is 22.8 Å². The first-order chi connectivity index (χ1) is 13.5. The largest absolute Gasteiger partial charge is 0.491 e. The second-order valence-electron chi connectivity index (χ2n) is 6.93. The Balaban J connectivity index is 1.92. The van der Waals surface area contributed by atoms with Gasteiger partial charge in [0, 0.05) is 12.3 Å². The summed E-state index contributed by atoms with van der Waals surface area (Å²) in [5.74, 6) is 0.998. The van der Waals surface area contributed by atoms with Gasteiger partial charge >= 0.3 is 0 Å². The Morgan fingerprint density at radius 1 is 0.964 bits per heavy atom. The third kappa shape index (κ3) is 4.47. The number of imide groups is 1. The van der Waals surface area contributed by atoms with E-state index in [2.05, 4.69) is 0 Å². The van der Waals surface area contributed by atoms with Crippen molar-refractivity contribution < 1.29 is 14.3 Å². The lowest BCUT2D eigenvalue weighted by Crippen LogP contribution is -2.32. The van der Waals surface area contributed by atoms with Gasteiger partial charge in [0.05, 0.1) is 16.6 Å². The van der Waals surface area contributed by atoms with Gasteiger partial charge in [-0.1, -0.05) is 49.4 Å². The summed E-state index contributed by atoms with van der Waals surface area (Å²) in [5.41, 5.74) is 2.37. The molecule has 0 aliphatic carbocycles. The van der Waals surface area contributed by atoms with Crippen LogP contribution in [0.1, 0.15) is 38.3 Å². The van der Waals surface area contributed by atoms with E-state index >= 15 is 0 Å². The summed E-state index contributed by atoms with van der Waals surface area (Å²) in [5, 5.41) is 0. The lowest BCUT2D eigenvalue weighted by atomic mass is 10.1. The van der Waals surface area contributed by atoms with Crippen LogP contribution in [-0.2, 0) is 15.3 Å². The Kier molecular flexibility index (Phi) is 6.57. The van der Waals surface area contributed by atoms with Crippen molar-refractivity contribution in [2.75, 3.05) is 6.54 Å². The summed E-state index contributed by atoms with van der Waals surface area (Å²) in [6, 6.07) is 17.4. The Labute approximate surface area is 170 Å². The third-order valence-electron chi connectivity index (χ3n) is 4.31. The van der Waals surface area contributed by atoms with Crippen molar-refractivity contribution in [3.63, 3.8) is 0 Å². The van der Waals surface area contributed by atoms with Gasteiger partial charge in [0.2, 0.25) is 0 Å². The molecule has 1 heterocycles. The summed E-state index contributed by atoms with van der Waals surface area (Å²) in [7, 11) is 0. The quantitative estimate of drug-likeness (QED) is 0.597. The van der Waals surface area contributed by atoms with E-state index in [-0.39, 0.29) is 17.9 Å². The van der Waals surface area contributed by atoms with Gasteiger partial charge in [-0.3, -0.25) is 14.5 Å². The SMILES string of the molecule is CCCN1C(=O)C(SCc2ccccc2)=C(c2ccc(OC(C)C)cc2)C1=O. The van der Waals surface area contributed by atoms with Gasteiger partial charge in [-0.15, -0.1) is 11.8 Å². The van der Waals surface area contributed by atoms with Crippen LogP contribution in [0.5, 0.6) is 5.75 Å². The van der Waals surface area contributed by atoms with Gasteiger partial charge < -0.3 is 4.74 Å². The van der Waals surface area contributed by atoms with Crippen molar-refractivity contribution >= 4 is 29.1 Å². The number of hydrogen-bond donors (Lipinski definition) is 0. The predicted octanol–water partition coefficient (Wildman–Crippen LogP) is 4.90. The number of rotatable bonds is 8. The van der Waals surface area contributed by atoms with Crippen LogP contribution in [0.15, 0.2) is 59.5 Å². The number of nitrogens with zero attached hydrogens (tertiary/aromatic N) is 1. The van der Waals surface area contributed by atoms with E-state index in [9.17, 15) is 9.59 Å². The Bertz CT molecular complexity index is 872. The molecule has 0 fully saturated rings. The van der Waals surface area contributed by atoms with Crippen molar-refractivity contribution in [3.05, 3.63) is 70.6 Å². The van der Waals surface area contributed by atoms with Gasteiger partial charge in [-0.05, 0) is 43.5 Å². The highest BCUT2D eigenvalue weighted by Gasteiger charge is 2.38. The highest BCUT2D eigenvalue weighted by molar-refractivity contribution is 8.03. The first-order valence-electron chi connectivity index (χ1n) is 9.55. The van der Waals surface area contributed by atoms with E-state index in [1.165, 1.54) is 16.7 Å². The fraction of sp³-hybridized carbons (Fsp3) is 0.304. The molecule has 1 aliphatic rings. The summed E-state index contributed by atoms with van der Waals surface area (Å²) >= 11 is 1.43. The van der Waals surface area contributed by atoms with Gasteiger partial charge in [-0.2, -0.15) is 0 Å². The van der Waals surface area contributed by atoms with Crippen LogP contribution in [0.3, 0.4) is 0 Å². The fourth-order valence-electron chi connectivity index (χ4n) is 3.07. The minimum atomic E-state index is -0.208. The number of carbonyl (C=O) groups excluding carboxylic acids is 2. The minimum absolute atomic E-state index is 0.0804. The van der Waals surface area contributed by atoms with Crippen LogP contribution in [0.25, 0.3) is 5.57 Å². The number of thioether (sulfide) groups is 1. The normalized spacial score (nSPS) is 14.4. The summed E-state index contributed by atoms with van der Waals surface area (Å²) in [6.07, 6.45) is 0.819. The second-order valence-corrected chi connectivity index (χ2v) is 7.92. The second kappa shape index (κ2) is 9.11. The highest BCUT2D eigenvalue weighted by Crippen LogP contribution is 2.38. The van der Waals surface area contributed by atoms with E-state index in [4.69, 9.17) is 4.74 Å². The zero-order chi connectivity index (χ0) is 20.1.